The van der Waals surface area contributed by atoms with E-state index in [0.29, 0.717) is 0 Å². The monoisotopic (exact) mass is 256 g/mol. The van der Waals surface area contributed by atoms with E-state index >= 15 is 0 Å². The smallest absolute Gasteiger partial charge is 0.0478 e. The fourth-order valence-electron chi connectivity index (χ4n) is 1.97. The van der Waals surface area contributed by atoms with Crippen molar-refractivity contribution < 1.29 is 0 Å². The predicted molar refractivity (Wildman–Crippen MR) is 77.8 cm³/mol. The molecule has 0 unspecified atom stereocenters. The first-order valence-corrected chi connectivity index (χ1v) is 7.29. The van der Waals surface area contributed by atoms with Gasteiger partial charge in [0, 0.05) is 9.75 Å². The first-order valence-electron chi connectivity index (χ1n) is 5.53. The highest BCUT2D eigenvalue weighted by atomic mass is 32.1. The van der Waals surface area contributed by atoms with Gasteiger partial charge < -0.3 is 0 Å². The second-order valence-corrected chi connectivity index (χ2v) is 5.77. The first kappa shape index (κ1) is 10.8. The van der Waals surface area contributed by atoms with Gasteiger partial charge in [-0.1, -0.05) is 36.4 Å². The topological polar surface area (TPSA) is 0 Å². The lowest BCUT2D eigenvalue weighted by atomic mass is 10.0. The molecule has 0 aliphatic rings. The van der Waals surface area contributed by atoms with E-state index in [0.717, 1.165) is 0 Å². The van der Waals surface area contributed by atoms with E-state index in [-0.39, 0.29) is 0 Å². The Morgan fingerprint density at radius 1 is 0.882 bits per heavy atom. The molecule has 2 heterocycles. The second kappa shape index (κ2) is 4.47. The Hall–Kier alpha value is -1.38. The molecular formula is C15H12S2. The number of hydrogen-bond donors (Lipinski definition) is 0. The van der Waals surface area contributed by atoms with Gasteiger partial charge in [0.1, 0.15) is 0 Å². The maximum atomic E-state index is 2.26. The van der Waals surface area contributed by atoms with Crippen molar-refractivity contribution in [1.82, 2.24) is 0 Å². The third kappa shape index (κ3) is 1.94. The van der Waals surface area contributed by atoms with Crippen LogP contribution in [0.15, 0.2) is 53.2 Å². The summed E-state index contributed by atoms with van der Waals surface area (Å²) in [6.07, 6.45) is 0. The van der Waals surface area contributed by atoms with Gasteiger partial charge in [0.25, 0.3) is 0 Å². The molecule has 2 heteroatoms. The van der Waals surface area contributed by atoms with Gasteiger partial charge in [-0.2, -0.15) is 0 Å². The molecule has 0 atom stereocenters. The molecule has 0 radical (unpaired) electrons. The molecule has 17 heavy (non-hydrogen) atoms. The molecule has 0 saturated heterocycles. The van der Waals surface area contributed by atoms with Crippen LogP contribution in [0.3, 0.4) is 0 Å². The Labute approximate surface area is 109 Å². The molecule has 0 aliphatic carbocycles. The predicted octanol–water partition coefficient (Wildman–Crippen LogP) is 5.45. The van der Waals surface area contributed by atoms with Crippen molar-refractivity contribution in [2.45, 2.75) is 6.92 Å². The highest BCUT2D eigenvalue weighted by Gasteiger charge is 2.11. The molecule has 0 bridgehead atoms. The fraction of sp³-hybridized carbons (Fsp3) is 0.0667. The molecule has 0 saturated carbocycles. The molecule has 0 spiro atoms. The second-order valence-electron chi connectivity index (χ2n) is 3.95. The van der Waals surface area contributed by atoms with E-state index in [9.17, 15) is 0 Å². The number of hydrogen-bond acceptors (Lipinski definition) is 2. The van der Waals surface area contributed by atoms with Crippen LogP contribution < -0.4 is 0 Å². The van der Waals surface area contributed by atoms with E-state index in [1.165, 1.54) is 26.4 Å². The van der Waals surface area contributed by atoms with Gasteiger partial charge >= 0.3 is 0 Å². The molecule has 3 rings (SSSR count). The summed E-state index contributed by atoms with van der Waals surface area (Å²) >= 11 is 3.65. The van der Waals surface area contributed by atoms with Gasteiger partial charge in [0.2, 0.25) is 0 Å². The minimum Gasteiger partial charge on any atom is -0.143 e. The van der Waals surface area contributed by atoms with Crippen LogP contribution in [-0.4, -0.2) is 0 Å². The summed E-state index contributed by atoms with van der Waals surface area (Å²) in [5.41, 5.74) is 4.06. The molecule has 0 fully saturated rings. The van der Waals surface area contributed by atoms with Crippen molar-refractivity contribution in [3.05, 3.63) is 58.8 Å². The van der Waals surface area contributed by atoms with Crippen LogP contribution in [0.1, 0.15) is 5.56 Å². The molecule has 84 valence electrons. The lowest BCUT2D eigenvalue weighted by molar-refractivity contribution is 1.53. The van der Waals surface area contributed by atoms with Gasteiger partial charge in [0.05, 0.1) is 0 Å². The van der Waals surface area contributed by atoms with Crippen LogP contribution in [-0.2, 0) is 0 Å². The maximum absolute atomic E-state index is 2.26. The van der Waals surface area contributed by atoms with Crippen LogP contribution in [0.2, 0.25) is 0 Å². The zero-order valence-electron chi connectivity index (χ0n) is 9.51. The maximum Gasteiger partial charge on any atom is 0.0478 e. The van der Waals surface area contributed by atoms with E-state index in [1.54, 1.807) is 0 Å². The molecule has 2 aromatic heterocycles. The van der Waals surface area contributed by atoms with Gasteiger partial charge in [0.15, 0.2) is 0 Å². The summed E-state index contributed by atoms with van der Waals surface area (Å²) < 4.78 is 0. The first-order chi connectivity index (χ1) is 8.36. The van der Waals surface area contributed by atoms with Gasteiger partial charge in [-0.25, -0.2) is 0 Å². The molecule has 0 amide bonds. The Morgan fingerprint density at radius 3 is 2.41 bits per heavy atom. The minimum atomic E-state index is 1.31. The van der Waals surface area contributed by atoms with E-state index in [2.05, 4.69) is 60.1 Å². The minimum absolute atomic E-state index is 1.31. The summed E-state index contributed by atoms with van der Waals surface area (Å²) in [5.74, 6) is 0. The van der Waals surface area contributed by atoms with Crippen LogP contribution in [0, 0.1) is 6.92 Å². The lowest BCUT2D eigenvalue weighted by Crippen LogP contribution is -1.77. The summed E-state index contributed by atoms with van der Waals surface area (Å²) in [4.78, 5) is 2.77. The SMILES string of the molecule is Cc1c(-c2ccccc2)csc1-c1cccs1. The number of benzene rings is 1. The zero-order chi connectivity index (χ0) is 11.7. The van der Waals surface area contributed by atoms with E-state index in [4.69, 9.17) is 0 Å². The van der Waals surface area contributed by atoms with Crippen molar-refractivity contribution in [2.24, 2.45) is 0 Å². The van der Waals surface area contributed by atoms with Gasteiger partial charge in [-0.15, -0.1) is 22.7 Å². The molecule has 0 nitrogen and oxygen atoms in total. The Kier molecular flexibility index (Phi) is 2.83. The van der Waals surface area contributed by atoms with Gasteiger partial charge in [-0.3, -0.25) is 0 Å². The van der Waals surface area contributed by atoms with Crippen molar-refractivity contribution in [2.75, 3.05) is 0 Å². The van der Waals surface area contributed by atoms with Crippen LogP contribution >= 0.6 is 22.7 Å². The molecule has 1 aromatic carbocycles. The number of thiophene rings is 2. The normalized spacial score (nSPS) is 10.6. The average molecular weight is 256 g/mol. The molecular weight excluding hydrogens is 244 g/mol. The molecule has 0 N–H and O–H groups in total. The highest BCUT2D eigenvalue weighted by molar-refractivity contribution is 7.20. The van der Waals surface area contributed by atoms with Crippen molar-refractivity contribution in [3.63, 3.8) is 0 Å². The van der Waals surface area contributed by atoms with Crippen molar-refractivity contribution in [1.29, 1.82) is 0 Å². The Bertz CT molecular complexity index is 604. The lowest BCUT2D eigenvalue weighted by Gasteiger charge is -2.01. The summed E-state index contributed by atoms with van der Waals surface area (Å²) in [7, 11) is 0. The third-order valence-corrected chi connectivity index (χ3v) is 5.00. The third-order valence-electron chi connectivity index (χ3n) is 2.87. The fourth-order valence-corrected chi connectivity index (χ4v) is 4.00. The average Bonchev–Trinajstić information content (AvgIpc) is 2.99. The van der Waals surface area contributed by atoms with Crippen molar-refractivity contribution >= 4 is 22.7 Å². The molecule has 0 aliphatic heterocycles. The Morgan fingerprint density at radius 2 is 1.71 bits per heavy atom. The standard InChI is InChI=1S/C15H12S2/c1-11-13(12-6-3-2-4-7-12)10-17-15(11)14-8-5-9-16-14/h2-10H,1H3. The summed E-state index contributed by atoms with van der Waals surface area (Å²) in [6, 6.07) is 14.9. The zero-order valence-corrected chi connectivity index (χ0v) is 11.1. The largest absolute Gasteiger partial charge is 0.143 e. The van der Waals surface area contributed by atoms with Crippen molar-refractivity contribution in [3.8, 4) is 20.9 Å². The summed E-state index contributed by atoms with van der Waals surface area (Å²) in [6.45, 7) is 2.22. The highest BCUT2D eigenvalue weighted by Crippen LogP contribution is 2.39. The number of rotatable bonds is 2. The van der Waals surface area contributed by atoms with Crippen LogP contribution in [0.5, 0.6) is 0 Å². The van der Waals surface area contributed by atoms with E-state index in [1.807, 2.05) is 22.7 Å². The van der Waals surface area contributed by atoms with Crippen LogP contribution in [0.25, 0.3) is 20.9 Å². The van der Waals surface area contributed by atoms with E-state index < -0.39 is 0 Å². The molecule has 3 aromatic rings. The summed E-state index contributed by atoms with van der Waals surface area (Å²) in [5, 5.41) is 4.40. The quantitative estimate of drug-likeness (QED) is 0.571. The van der Waals surface area contributed by atoms with Gasteiger partial charge in [-0.05, 0) is 40.4 Å². The Balaban J connectivity index is 2.10. The van der Waals surface area contributed by atoms with Crippen LogP contribution in [0.4, 0.5) is 0 Å².